The highest BCUT2D eigenvalue weighted by molar-refractivity contribution is 5.89. The first-order valence-corrected chi connectivity index (χ1v) is 8.19. The highest BCUT2D eigenvalue weighted by atomic mass is 19.2. The van der Waals surface area contributed by atoms with Gasteiger partial charge in [0, 0.05) is 35.8 Å². The number of imidazole rings is 1. The Labute approximate surface area is 157 Å². The summed E-state index contributed by atoms with van der Waals surface area (Å²) in [5.41, 5.74) is 1.39. The third-order valence-electron chi connectivity index (χ3n) is 4.02. The number of halogens is 2. The van der Waals surface area contributed by atoms with Crippen LogP contribution in [0.15, 0.2) is 49.2 Å². The second-order valence-corrected chi connectivity index (χ2v) is 5.91. The molecule has 10 heteroatoms. The number of benzene rings is 1. The number of nitrogens with one attached hydrogen (secondary N) is 1. The molecule has 0 saturated carbocycles. The van der Waals surface area contributed by atoms with Gasteiger partial charge in [0.05, 0.1) is 13.4 Å². The number of ether oxygens (including phenoxy) is 1. The number of aromatic nitrogens is 5. The van der Waals surface area contributed by atoms with Crippen LogP contribution in [0.1, 0.15) is 0 Å². The molecule has 0 bridgehead atoms. The van der Waals surface area contributed by atoms with E-state index >= 15 is 0 Å². The molecule has 142 valence electrons. The van der Waals surface area contributed by atoms with Crippen molar-refractivity contribution in [1.82, 2.24) is 24.1 Å². The number of hydrogen-bond donors (Lipinski definition) is 1. The minimum Gasteiger partial charge on any atom is -0.496 e. The van der Waals surface area contributed by atoms with Gasteiger partial charge in [-0.3, -0.25) is 10.1 Å². The number of amides is 1. The van der Waals surface area contributed by atoms with Gasteiger partial charge in [-0.25, -0.2) is 18.3 Å². The summed E-state index contributed by atoms with van der Waals surface area (Å²) < 4.78 is 35.3. The molecular formula is C18H14F2N6O2. The molecule has 0 radical (unpaired) electrons. The lowest BCUT2D eigenvalue weighted by Gasteiger charge is -2.09. The first-order valence-electron chi connectivity index (χ1n) is 8.19. The summed E-state index contributed by atoms with van der Waals surface area (Å²) in [4.78, 5) is 20.1. The van der Waals surface area contributed by atoms with E-state index < -0.39 is 11.6 Å². The summed E-state index contributed by atoms with van der Waals surface area (Å²) in [6.45, 7) is 0.0762. The van der Waals surface area contributed by atoms with Gasteiger partial charge in [-0.2, -0.15) is 4.98 Å². The fourth-order valence-electron chi connectivity index (χ4n) is 2.73. The molecule has 0 saturated heterocycles. The number of carbonyl (C=O) groups is 1. The predicted octanol–water partition coefficient (Wildman–Crippen LogP) is 2.52. The summed E-state index contributed by atoms with van der Waals surface area (Å²) in [6, 6.07) is 5.36. The van der Waals surface area contributed by atoms with Crippen LogP contribution >= 0.6 is 0 Å². The van der Waals surface area contributed by atoms with Crippen LogP contribution in [0.3, 0.4) is 0 Å². The first kappa shape index (κ1) is 17.6. The zero-order valence-corrected chi connectivity index (χ0v) is 14.6. The Hall–Kier alpha value is -3.82. The second kappa shape index (κ2) is 7.06. The van der Waals surface area contributed by atoms with Gasteiger partial charge in [0.15, 0.2) is 17.3 Å². The van der Waals surface area contributed by atoms with Gasteiger partial charge in [-0.05, 0) is 18.2 Å². The van der Waals surface area contributed by atoms with Crippen molar-refractivity contribution in [3.8, 4) is 16.9 Å². The number of fused-ring (bicyclic) bond motifs is 1. The van der Waals surface area contributed by atoms with Gasteiger partial charge in [0.25, 0.3) is 0 Å². The molecule has 0 aliphatic carbocycles. The Morgan fingerprint density at radius 2 is 2.07 bits per heavy atom. The number of carbonyl (C=O) groups excluding carboxylic acids is 1. The Kier molecular flexibility index (Phi) is 4.44. The van der Waals surface area contributed by atoms with E-state index in [9.17, 15) is 13.6 Å². The maximum absolute atomic E-state index is 13.7. The van der Waals surface area contributed by atoms with Gasteiger partial charge >= 0.3 is 0 Å². The van der Waals surface area contributed by atoms with Crippen LogP contribution in [0.5, 0.6) is 5.75 Å². The van der Waals surface area contributed by atoms with Crippen molar-refractivity contribution in [2.45, 2.75) is 6.54 Å². The van der Waals surface area contributed by atoms with Gasteiger partial charge in [-0.1, -0.05) is 0 Å². The molecule has 0 unspecified atom stereocenters. The van der Waals surface area contributed by atoms with E-state index in [0.717, 1.165) is 12.1 Å². The largest absolute Gasteiger partial charge is 0.496 e. The monoisotopic (exact) mass is 384 g/mol. The van der Waals surface area contributed by atoms with Crippen LogP contribution in [0.4, 0.5) is 14.7 Å². The predicted molar refractivity (Wildman–Crippen MR) is 95.7 cm³/mol. The minimum absolute atomic E-state index is 0.0762. The molecule has 0 spiro atoms. The molecule has 1 amide bonds. The molecule has 8 nitrogen and oxygen atoms in total. The van der Waals surface area contributed by atoms with E-state index in [1.165, 1.54) is 18.0 Å². The topological polar surface area (TPSA) is 86.3 Å². The molecule has 0 atom stereocenters. The summed E-state index contributed by atoms with van der Waals surface area (Å²) in [5.74, 6) is -1.98. The van der Waals surface area contributed by atoms with Crippen LogP contribution in [-0.4, -0.2) is 37.2 Å². The van der Waals surface area contributed by atoms with Crippen LogP contribution in [0.25, 0.3) is 16.8 Å². The number of anilines is 1. The van der Waals surface area contributed by atoms with Crippen molar-refractivity contribution in [2.24, 2.45) is 0 Å². The summed E-state index contributed by atoms with van der Waals surface area (Å²) in [7, 11) is 1.37. The molecule has 1 aromatic carbocycles. The molecule has 0 fully saturated rings. The maximum atomic E-state index is 13.7. The number of methoxy groups -OCH3 is 1. The second-order valence-electron chi connectivity index (χ2n) is 5.91. The number of hydrogen-bond acceptors (Lipinski definition) is 5. The molecular weight excluding hydrogens is 370 g/mol. The highest BCUT2D eigenvalue weighted by Crippen LogP contribution is 2.32. The van der Waals surface area contributed by atoms with Crippen molar-refractivity contribution >= 4 is 17.5 Å². The van der Waals surface area contributed by atoms with Crippen molar-refractivity contribution in [1.29, 1.82) is 0 Å². The Morgan fingerprint density at radius 3 is 2.82 bits per heavy atom. The van der Waals surface area contributed by atoms with Crippen LogP contribution in [0.2, 0.25) is 0 Å². The lowest BCUT2D eigenvalue weighted by Crippen LogP contribution is -2.18. The molecule has 4 rings (SSSR count). The fraction of sp³-hybridized carbons (Fsp3) is 0.111. The van der Waals surface area contributed by atoms with Gasteiger partial charge in [-0.15, -0.1) is 5.10 Å². The van der Waals surface area contributed by atoms with Gasteiger partial charge in [0.2, 0.25) is 11.9 Å². The third-order valence-corrected chi connectivity index (χ3v) is 4.02. The number of pyridine rings is 1. The maximum Gasteiger partial charge on any atom is 0.249 e. The first-order chi connectivity index (χ1) is 13.5. The Morgan fingerprint density at radius 1 is 1.25 bits per heavy atom. The van der Waals surface area contributed by atoms with Crippen LogP contribution in [0, 0.1) is 11.6 Å². The van der Waals surface area contributed by atoms with Crippen molar-refractivity contribution in [3.05, 3.63) is 60.8 Å². The van der Waals surface area contributed by atoms with Crippen molar-refractivity contribution in [3.63, 3.8) is 0 Å². The van der Waals surface area contributed by atoms with Crippen LogP contribution in [-0.2, 0) is 11.3 Å². The Bertz CT molecular complexity index is 1160. The third kappa shape index (κ3) is 3.39. The summed E-state index contributed by atoms with van der Waals surface area (Å²) >= 11 is 0. The summed E-state index contributed by atoms with van der Waals surface area (Å²) in [5, 5.41) is 6.81. The minimum atomic E-state index is -0.995. The molecule has 4 aromatic rings. The number of nitrogens with zero attached hydrogens (tertiary/aromatic N) is 5. The average molecular weight is 384 g/mol. The van der Waals surface area contributed by atoms with E-state index in [0.29, 0.717) is 16.8 Å². The van der Waals surface area contributed by atoms with Gasteiger partial charge < -0.3 is 9.30 Å². The zero-order chi connectivity index (χ0) is 19.7. The Balaban J connectivity index is 1.62. The smallest absolute Gasteiger partial charge is 0.249 e. The standard InChI is InChI=1S/C18H14F2N6O2/c1-28-15-7-14(20)13(19)6-12(15)11-2-3-16-22-18(24-26(16)8-11)23-17(27)9-25-5-4-21-10-25/h2-8,10H,9H2,1H3,(H,23,24,27). The van der Waals surface area contributed by atoms with E-state index in [-0.39, 0.29) is 24.1 Å². The zero-order valence-electron chi connectivity index (χ0n) is 14.6. The summed E-state index contributed by atoms with van der Waals surface area (Å²) in [6.07, 6.45) is 6.35. The van der Waals surface area contributed by atoms with E-state index in [1.54, 1.807) is 35.3 Å². The quantitative estimate of drug-likeness (QED) is 0.571. The van der Waals surface area contributed by atoms with E-state index in [4.69, 9.17) is 4.74 Å². The SMILES string of the molecule is COc1cc(F)c(F)cc1-c1ccc2nc(NC(=O)Cn3ccnc3)nn2c1. The highest BCUT2D eigenvalue weighted by Gasteiger charge is 2.14. The number of rotatable bonds is 5. The molecule has 3 aromatic heterocycles. The van der Waals surface area contributed by atoms with Gasteiger partial charge in [0.1, 0.15) is 12.3 Å². The van der Waals surface area contributed by atoms with Crippen LogP contribution < -0.4 is 10.1 Å². The molecule has 0 aliphatic rings. The molecule has 0 aliphatic heterocycles. The normalized spacial score (nSPS) is 11.0. The molecule has 3 heterocycles. The average Bonchev–Trinajstić information content (AvgIpc) is 3.31. The lowest BCUT2D eigenvalue weighted by atomic mass is 10.1. The fourth-order valence-corrected chi connectivity index (χ4v) is 2.73. The van der Waals surface area contributed by atoms with E-state index in [1.807, 2.05) is 0 Å². The van der Waals surface area contributed by atoms with Crippen molar-refractivity contribution < 1.29 is 18.3 Å². The van der Waals surface area contributed by atoms with E-state index in [2.05, 4.69) is 20.4 Å². The van der Waals surface area contributed by atoms with Crippen molar-refractivity contribution in [2.75, 3.05) is 12.4 Å². The lowest BCUT2D eigenvalue weighted by molar-refractivity contribution is -0.116. The molecule has 28 heavy (non-hydrogen) atoms. The molecule has 1 N–H and O–H groups in total.